The van der Waals surface area contributed by atoms with Gasteiger partial charge in [0.1, 0.15) is 17.4 Å². The number of carbonyl (C=O) groups excluding carboxylic acids is 1. The molecule has 0 unspecified atom stereocenters. The average molecular weight is 289 g/mol. The zero-order valence-electron chi connectivity index (χ0n) is 12.4. The lowest BCUT2D eigenvalue weighted by molar-refractivity contribution is 0.0596. The topological polar surface area (TPSA) is 79.4 Å². The molecule has 0 aliphatic heterocycles. The number of rotatable bonds is 5. The second-order valence-electron chi connectivity index (χ2n) is 4.37. The Morgan fingerprint density at radius 2 is 2.14 bits per heavy atom. The normalized spacial score (nSPS) is 10.4. The van der Waals surface area contributed by atoms with Crippen molar-refractivity contribution in [2.75, 3.05) is 19.5 Å². The van der Waals surface area contributed by atoms with Gasteiger partial charge in [0, 0.05) is 12.5 Å². The first-order valence-corrected chi connectivity index (χ1v) is 6.81. The molecular formula is C15H19N3O3. The SMILES string of the molecule is CCOc1cccc(-n2c(CC)nc(C(=O)OC)c2N)c1. The minimum Gasteiger partial charge on any atom is -0.494 e. The van der Waals surface area contributed by atoms with Gasteiger partial charge in [-0.15, -0.1) is 0 Å². The summed E-state index contributed by atoms with van der Waals surface area (Å²) in [6.45, 7) is 4.45. The lowest BCUT2D eigenvalue weighted by Crippen LogP contribution is -2.08. The summed E-state index contributed by atoms with van der Waals surface area (Å²) in [6, 6.07) is 7.49. The van der Waals surface area contributed by atoms with Crippen LogP contribution in [0.25, 0.3) is 5.69 Å². The summed E-state index contributed by atoms with van der Waals surface area (Å²) in [5.41, 5.74) is 7.01. The van der Waals surface area contributed by atoms with E-state index in [0.29, 0.717) is 18.9 Å². The second kappa shape index (κ2) is 6.30. The maximum atomic E-state index is 11.7. The van der Waals surface area contributed by atoms with Gasteiger partial charge >= 0.3 is 5.97 Å². The quantitative estimate of drug-likeness (QED) is 0.854. The van der Waals surface area contributed by atoms with Gasteiger partial charge in [0.2, 0.25) is 0 Å². The van der Waals surface area contributed by atoms with Gasteiger partial charge in [-0.1, -0.05) is 13.0 Å². The number of nitrogens with zero attached hydrogens (tertiary/aromatic N) is 2. The lowest BCUT2D eigenvalue weighted by Gasteiger charge is -2.11. The van der Waals surface area contributed by atoms with Crippen LogP contribution in [0.4, 0.5) is 5.82 Å². The Morgan fingerprint density at radius 3 is 2.76 bits per heavy atom. The van der Waals surface area contributed by atoms with Gasteiger partial charge in [0.05, 0.1) is 19.4 Å². The number of imidazole rings is 1. The van der Waals surface area contributed by atoms with Crippen molar-refractivity contribution in [3.63, 3.8) is 0 Å². The number of nitrogens with two attached hydrogens (primary N) is 1. The van der Waals surface area contributed by atoms with Crippen LogP contribution in [0.1, 0.15) is 30.2 Å². The molecule has 0 radical (unpaired) electrons. The maximum Gasteiger partial charge on any atom is 0.360 e. The molecule has 0 atom stereocenters. The summed E-state index contributed by atoms with van der Waals surface area (Å²) in [5.74, 6) is 1.17. The van der Waals surface area contributed by atoms with Crippen LogP contribution in [0.2, 0.25) is 0 Å². The molecule has 1 aromatic carbocycles. The van der Waals surface area contributed by atoms with Gasteiger partial charge in [-0.05, 0) is 19.1 Å². The highest BCUT2D eigenvalue weighted by molar-refractivity contribution is 5.92. The fourth-order valence-electron chi connectivity index (χ4n) is 2.13. The van der Waals surface area contributed by atoms with Crippen molar-refractivity contribution in [3.05, 3.63) is 35.8 Å². The van der Waals surface area contributed by atoms with Crippen LogP contribution in [-0.2, 0) is 11.2 Å². The fraction of sp³-hybridized carbons (Fsp3) is 0.333. The standard InChI is InChI=1S/C15H19N3O3/c1-4-12-17-13(15(19)20-3)14(16)18(12)10-7-6-8-11(9-10)21-5-2/h6-9H,4-5,16H2,1-3H3. The van der Waals surface area contributed by atoms with Gasteiger partial charge < -0.3 is 15.2 Å². The summed E-state index contributed by atoms with van der Waals surface area (Å²) in [6.07, 6.45) is 0.639. The second-order valence-corrected chi connectivity index (χ2v) is 4.37. The smallest absolute Gasteiger partial charge is 0.360 e. The Labute approximate surface area is 123 Å². The van der Waals surface area contributed by atoms with Crippen molar-refractivity contribution in [1.82, 2.24) is 9.55 Å². The third kappa shape index (κ3) is 2.84. The highest BCUT2D eigenvalue weighted by Gasteiger charge is 2.21. The predicted molar refractivity (Wildman–Crippen MR) is 79.9 cm³/mol. The van der Waals surface area contributed by atoms with Gasteiger partial charge in [-0.25, -0.2) is 9.78 Å². The largest absolute Gasteiger partial charge is 0.494 e. The monoisotopic (exact) mass is 289 g/mol. The molecule has 0 amide bonds. The number of aromatic nitrogens is 2. The van der Waals surface area contributed by atoms with Crippen molar-refractivity contribution >= 4 is 11.8 Å². The minimum atomic E-state index is -0.540. The molecule has 6 nitrogen and oxygen atoms in total. The van der Waals surface area contributed by atoms with Crippen LogP contribution in [-0.4, -0.2) is 29.2 Å². The van der Waals surface area contributed by atoms with Gasteiger partial charge in [0.25, 0.3) is 0 Å². The zero-order chi connectivity index (χ0) is 15.4. The van der Waals surface area contributed by atoms with Crippen molar-refractivity contribution < 1.29 is 14.3 Å². The Hall–Kier alpha value is -2.50. The maximum absolute atomic E-state index is 11.7. The van der Waals surface area contributed by atoms with E-state index in [4.69, 9.17) is 15.2 Å². The van der Waals surface area contributed by atoms with Crippen LogP contribution in [0, 0.1) is 0 Å². The molecule has 0 spiro atoms. The third-order valence-corrected chi connectivity index (χ3v) is 3.06. The molecule has 0 saturated heterocycles. The Balaban J connectivity index is 2.54. The molecule has 112 valence electrons. The molecule has 2 N–H and O–H groups in total. The van der Waals surface area contributed by atoms with Crippen LogP contribution in [0.5, 0.6) is 5.75 Å². The fourth-order valence-corrected chi connectivity index (χ4v) is 2.13. The molecule has 2 aromatic rings. The number of esters is 1. The molecule has 0 aliphatic carbocycles. The number of hydrogen-bond acceptors (Lipinski definition) is 5. The van der Waals surface area contributed by atoms with Crippen molar-refractivity contribution in [2.24, 2.45) is 0 Å². The minimum absolute atomic E-state index is 0.135. The van der Waals surface area contributed by atoms with Gasteiger partial charge in [-0.2, -0.15) is 0 Å². The first-order valence-electron chi connectivity index (χ1n) is 6.81. The van der Waals surface area contributed by atoms with E-state index in [0.717, 1.165) is 11.4 Å². The van der Waals surface area contributed by atoms with Crippen LogP contribution in [0.15, 0.2) is 24.3 Å². The van der Waals surface area contributed by atoms with Crippen molar-refractivity contribution in [1.29, 1.82) is 0 Å². The number of benzene rings is 1. The van der Waals surface area contributed by atoms with E-state index in [-0.39, 0.29) is 11.5 Å². The van der Waals surface area contributed by atoms with Crippen molar-refractivity contribution in [2.45, 2.75) is 20.3 Å². The van der Waals surface area contributed by atoms with E-state index in [1.54, 1.807) is 4.57 Å². The molecule has 0 fully saturated rings. The molecule has 0 aliphatic rings. The number of carbonyl (C=O) groups is 1. The average Bonchev–Trinajstić information content (AvgIpc) is 2.84. The van der Waals surface area contributed by atoms with E-state index >= 15 is 0 Å². The molecule has 21 heavy (non-hydrogen) atoms. The number of anilines is 1. The molecule has 6 heteroatoms. The van der Waals surface area contributed by atoms with Gasteiger partial charge in [0.15, 0.2) is 5.69 Å². The Morgan fingerprint density at radius 1 is 1.38 bits per heavy atom. The number of methoxy groups -OCH3 is 1. The molecule has 1 aromatic heterocycles. The Bertz CT molecular complexity index is 650. The van der Waals surface area contributed by atoms with E-state index in [1.165, 1.54) is 7.11 Å². The van der Waals surface area contributed by atoms with Crippen LogP contribution in [0.3, 0.4) is 0 Å². The number of nitrogen functional groups attached to an aromatic ring is 1. The van der Waals surface area contributed by atoms with E-state index in [9.17, 15) is 4.79 Å². The highest BCUT2D eigenvalue weighted by Crippen LogP contribution is 2.24. The molecule has 2 rings (SSSR count). The van der Waals surface area contributed by atoms with E-state index in [2.05, 4.69) is 4.98 Å². The van der Waals surface area contributed by atoms with Gasteiger partial charge in [-0.3, -0.25) is 4.57 Å². The molecule has 0 bridgehead atoms. The first kappa shape index (κ1) is 14.9. The summed E-state index contributed by atoms with van der Waals surface area (Å²) in [5, 5.41) is 0. The summed E-state index contributed by atoms with van der Waals surface area (Å²) in [7, 11) is 1.31. The number of aryl methyl sites for hydroxylation is 1. The van der Waals surface area contributed by atoms with E-state index < -0.39 is 5.97 Å². The lowest BCUT2D eigenvalue weighted by atomic mass is 10.3. The first-order chi connectivity index (χ1) is 10.1. The third-order valence-electron chi connectivity index (χ3n) is 3.06. The van der Waals surface area contributed by atoms with Crippen LogP contribution >= 0.6 is 0 Å². The molecular weight excluding hydrogens is 270 g/mol. The predicted octanol–water partition coefficient (Wildman–Crippen LogP) is 2.20. The zero-order valence-corrected chi connectivity index (χ0v) is 12.4. The highest BCUT2D eigenvalue weighted by atomic mass is 16.5. The summed E-state index contributed by atoms with van der Waals surface area (Å²) in [4.78, 5) is 16.0. The van der Waals surface area contributed by atoms with E-state index in [1.807, 2.05) is 38.1 Å². The number of hydrogen-bond donors (Lipinski definition) is 1. The van der Waals surface area contributed by atoms with Crippen LogP contribution < -0.4 is 10.5 Å². The molecule has 1 heterocycles. The number of ether oxygens (including phenoxy) is 2. The Kier molecular flexibility index (Phi) is 4.47. The molecule has 0 saturated carbocycles. The summed E-state index contributed by atoms with van der Waals surface area (Å²) >= 11 is 0. The van der Waals surface area contributed by atoms with Crippen molar-refractivity contribution in [3.8, 4) is 11.4 Å². The summed E-state index contributed by atoms with van der Waals surface area (Å²) < 4.78 is 11.9.